The minimum atomic E-state index is -1.03. The summed E-state index contributed by atoms with van der Waals surface area (Å²) in [5, 5.41) is 17.6. The fraction of sp³-hybridized carbons (Fsp3) is 0.778. The minimum absolute atomic E-state index is 0.184. The van der Waals surface area contributed by atoms with Gasteiger partial charge >= 0.3 is 5.97 Å². The largest absolute Gasteiger partial charge is 0.480 e. The van der Waals surface area contributed by atoms with Crippen LogP contribution in [0, 0.1) is 5.92 Å². The highest BCUT2D eigenvalue weighted by atomic mass is 16.4. The van der Waals surface area contributed by atoms with Crippen LogP contribution in [0.2, 0.25) is 0 Å². The van der Waals surface area contributed by atoms with Crippen LogP contribution in [0.1, 0.15) is 46.0 Å². The molecule has 4 N–H and O–H groups in total. The summed E-state index contributed by atoms with van der Waals surface area (Å²) in [7, 11) is 0. The summed E-state index contributed by atoms with van der Waals surface area (Å²) in [5.74, 6) is -1.88. The van der Waals surface area contributed by atoms with Gasteiger partial charge in [-0.1, -0.05) is 13.8 Å². The Morgan fingerprint density at radius 2 is 1.93 bits per heavy atom. The molecule has 0 radical (unpaired) electrons. The Morgan fingerprint density at radius 1 is 1.19 bits per heavy atom. The summed E-state index contributed by atoms with van der Waals surface area (Å²) in [6, 6.07) is -1.83. The van der Waals surface area contributed by atoms with Gasteiger partial charge in [0.2, 0.25) is 17.7 Å². The molecule has 0 aromatic carbocycles. The first kappa shape index (κ1) is 21.1. The fourth-order valence-corrected chi connectivity index (χ4v) is 3.59. The summed E-state index contributed by atoms with van der Waals surface area (Å²) >= 11 is 0. The van der Waals surface area contributed by atoms with Crippen molar-refractivity contribution in [2.75, 3.05) is 19.6 Å². The van der Waals surface area contributed by atoms with Gasteiger partial charge in [0.15, 0.2) is 0 Å². The van der Waals surface area contributed by atoms with Gasteiger partial charge in [0.1, 0.15) is 12.1 Å². The summed E-state index contributed by atoms with van der Waals surface area (Å²) in [6.07, 6.45) is 3.19. The number of hydrogen-bond donors (Lipinski definition) is 4. The second-order valence-electron chi connectivity index (χ2n) is 7.64. The summed E-state index contributed by atoms with van der Waals surface area (Å²) in [5.41, 5.74) is 0. The number of nitrogens with one attached hydrogen (secondary N) is 3. The smallest absolute Gasteiger partial charge is 0.326 e. The molecule has 152 valence electrons. The van der Waals surface area contributed by atoms with Crippen molar-refractivity contribution in [1.82, 2.24) is 20.9 Å². The Bertz CT molecular complexity index is 574. The van der Waals surface area contributed by atoms with Crippen molar-refractivity contribution in [3.05, 3.63) is 0 Å². The number of carboxylic acids is 1. The van der Waals surface area contributed by atoms with Crippen molar-refractivity contribution in [1.29, 1.82) is 0 Å². The van der Waals surface area contributed by atoms with Gasteiger partial charge < -0.3 is 26.0 Å². The van der Waals surface area contributed by atoms with Gasteiger partial charge in [0, 0.05) is 6.54 Å². The summed E-state index contributed by atoms with van der Waals surface area (Å²) in [6.45, 7) is 4.80. The monoisotopic (exact) mass is 382 g/mol. The topological polar surface area (TPSA) is 128 Å². The molecule has 2 rings (SSSR count). The van der Waals surface area contributed by atoms with Crippen LogP contribution in [0.4, 0.5) is 0 Å². The van der Waals surface area contributed by atoms with Crippen molar-refractivity contribution >= 4 is 23.7 Å². The van der Waals surface area contributed by atoms with Gasteiger partial charge in [-0.3, -0.25) is 14.4 Å². The van der Waals surface area contributed by atoms with E-state index >= 15 is 0 Å². The van der Waals surface area contributed by atoms with Crippen LogP contribution in [-0.4, -0.2) is 71.5 Å². The number of amides is 3. The first-order valence-corrected chi connectivity index (χ1v) is 9.63. The molecular formula is C18H30N4O5. The normalized spacial score (nSPS) is 23.3. The maximum Gasteiger partial charge on any atom is 0.326 e. The molecule has 2 heterocycles. The number of carbonyl (C=O) groups excluding carboxylic acids is 3. The van der Waals surface area contributed by atoms with Crippen molar-refractivity contribution < 1.29 is 24.3 Å². The lowest BCUT2D eigenvalue weighted by molar-refractivity contribution is -0.148. The second kappa shape index (κ2) is 9.68. The third-order valence-corrected chi connectivity index (χ3v) is 4.99. The maximum atomic E-state index is 12.5. The summed E-state index contributed by atoms with van der Waals surface area (Å²) in [4.78, 5) is 49.6. The lowest BCUT2D eigenvalue weighted by atomic mass is 10.0. The lowest BCUT2D eigenvalue weighted by Crippen LogP contribution is -2.53. The highest BCUT2D eigenvalue weighted by Crippen LogP contribution is 2.17. The van der Waals surface area contributed by atoms with Crippen molar-refractivity contribution in [2.24, 2.45) is 5.92 Å². The number of hydrogen-bond acceptors (Lipinski definition) is 5. The van der Waals surface area contributed by atoms with Gasteiger partial charge in [0.05, 0.1) is 12.6 Å². The lowest BCUT2D eigenvalue weighted by Gasteiger charge is -2.24. The van der Waals surface area contributed by atoms with E-state index in [1.54, 1.807) is 0 Å². The van der Waals surface area contributed by atoms with Crippen LogP contribution in [-0.2, 0) is 19.2 Å². The van der Waals surface area contributed by atoms with E-state index in [0.717, 1.165) is 19.4 Å². The molecule has 2 aliphatic heterocycles. The number of carbonyl (C=O) groups is 4. The standard InChI is InChI=1S/C18H30N4O5/c1-11(2)9-13(21-17(25)12-5-3-7-19-12)16(24)20-10-15(23)22-8-4-6-14(22)18(26)27/h11-14,19H,3-10H2,1-2H3,(H,20,24)(H,21,25)(H,26,27). The summed E-state index contributed by atoms with van der Waals surface area (Å²) < 4.78 is 0. The van der Waals surface area contributed by atoms with Crippen LogP contribution in [0.5, 0.6) is 0 Å². The molecular weight excluding hydrogens is 352 g/mol. The van der Waals surface area contributed by atoms with Crippen molar-refractivity contribution in [2.45, 2.75) is 64.1 Å². The molecule has 9 heteroatoms. The van der Waals surface area contributed by atoms with Gasteiger partial charge in [-0.25, -0.2) is 4.79 Å². The minimum Gasteiger partial charge on any atom is -0.480 e. The van der Waals surface area contributed by atoms with E-state index in [1.165, 1.54) is 4.90 Å². The van der Waals surface area contributed by atoms with Crippen molar-refractivity contribution in [3.8, 4) is 0 Å². The number of carboxylic acid groups (broad SMARTS) is 1. The Morgan fingerprint density at radius 3 is 2.52 bits per heavy atom. The van der Waals surface area contributed by atoms with Gasteiger partial charge in [0.25, 0.3) is 0 Å². The SMILES string of the molecule is CC(C)CC(NC(=O)C1CCCN1)C(=O)NCC(=O)N1CCCC1C(=O)O. The Balaban J connectivity index is 1.89. The molecule has 0 spiro atoms. The van der Waals surface area contributed by atoms with Crippen LogP contribution in [0.25, 0.3) is 0 Å². The van der Waals surface area contributed by atoms with E-state index in [0.29, 0.717) is 25.8 Å². The van der Waals surface area contributed by atoms with Gasteiger partial charge in [-0.15, -0.1) is 0 Å². The zero-order chi connectivity index (χ0) is 20.0. The van der Waals surface area contributed by atoms with E-state index in [9.17, 15) is 19.2 Å². The molecule has 2 saturated heterocycles. The molecule has 2 aliphatic rings. The molecule has 0 aliphatic carbocycles. The maximum absolute atomic E-state index is 12.5. The fourth-order valence-electron chi connectivity index (χ4n) is 3.59. The van der Waals surface area contributed by atoms with Gasteiger partial charge in [-0.05, 0) is 44.6 Å². The highest BCUT2D eigenvalue weighted by Gasteiger charge is 2.34. The number of nitrogens with zero attached hydrogens (tertiary/aromatic N) is 1. The van der Waals surface area contributed by atoms with E-state index in [4.69, 9.17) is 5.11 Å². The van der Waals surface area contributed by atoms with Crippen LogP contribution in [0.15, 0.2) is 0 Å². The highest BCUT2D eigenvalue weighted by molar-refractivity contribution is 5.92. The molecule has 2 fully saturated rings. The zero-order valence-electron chi connectivity index (χ0n) is 16.0. The molecule has 0 aromatic rings. The Labute approximate surface area is 159 Å². The molecule has 0 aromatic heterocycles. The van der Waals surface area contributed by atoms with Crippen LogP contribution < -0.4 is 16.0 Å². The zero-order valence-corrected chi connectivity index (χ0v) is 16.0. The predicted octanol–water partition coefficient (Wildman–Crippen LogP) is -0.539. The Hall–Kier alpha value is -2.16. The quantitative estimate of drug-likeness (QED) is 0.446. The number of aliphatic carboxylic acids is 1. The van der Waals surface area contributed by atoms with Gasteiger partial charge in [-0.2, -0.15) is 0 Å². The van der Waals surface area contributed by atoms with E-state index in [-0.39, 0.29) is 24.4 Å². The van der Waals surface area contributed by atoms with E-state index < -0.39 is 29.9 Å². The third kappa shape index (κ3) is 5.92. The number of likely N-dealkylation sites (tertiary alicyclic amines) is 1. The average Bonchev–Trinajstić information content (AvgIpc) is 3.29. The van der Waals surface area contributed by atoms with Crippen LogP contribution in [0.3, 0.4) is 0 Å². The van der Waals surface area contributed by atoms with E-state index in [1.807, 2.05) is 13.8 Å². The second-order valence-corrected chi connectivity index (χ2v) is 7.64. The molecule has 9 nitrogen and oxygen atoms in total. The average molecular weight is 382 g/mol. The number of rotatable bonds is 8. The molecule has 0 bridgehead atoms. The molecule has 0 saturated carbocycles. The molecule has 27 heavy (non-hydrogen) atoms. The third-order valence-electron chi connectivity index (χ3n) is 4.99. The van der Waals surface area contributed by atoms with Crippen molar-refractivity contribution in [3.63, 3.8) is 0 Å². The van der Waals surface area contributed by atoms with Crippen LogP contribution >= 0.6 is 0 Å². The first-order valence-electron chi connectivity index (χ1n) is 9.63. The molecule has 3 unspecified atom stereocenters. The van der Waals surface area contributed by atoms with E-state index in [2.05, 4.69) is 16.0 Å². The Kier molecular flexibility index (Phi) is 7.58. The first-order chi connectivity index (χ1) is 12.8. The predicted molar refractivity (Wildman–Crippen MR) is 97.8 cm³/mol. The molecule has 3 amide bonds. The molecule has 3 atom stereocenters.